The topological polar surface area (TPSA) is 311 Å². The normalized spacial score (nSPS) is 27.9. The molecule has 0 aromatic carbocycles. The van der Waals surface area contributed by atoms with Gasteiger partial charge in [-0.3, -0.25) is 52.7 Å². The first-order chi connectivity index (χ1) is 44.2. The molecule has 0 aromatic heterocycles. The average molecular weight is 1380 g/mol. The quantitative estimate of drug-likeness (QED) is 0.152. The van der Waals surface area contributed by atoms with Crippen LogP contribution in [0.15, 0.2) is 12.2 Å². The number of carbonyl (C=O) groups excluding carboxylic acids is 11. The van der Waals surface area contributed by atoms with Crippen molar-refractivity contribution in [2.45, 2.75) is 222 Å². The van der Waals surface area contributed by atoms with Gasteiger partial charge < -0.3 is 65.2 Å². The lowest BCUT2D eigenvalue weighted by Crippen LogP contribution is -2.64. The highest BCUT2D eigenvalue weighted by Gasteiger charge is 2.48. The lowest BCUT2D eigenvalue weighted by molar-refractivity contribution is -0.161. The first kappa shape index (κ1) is 85.8. The molecule has 2 heterocycles. The van der Waals surface area contributed by atoms with E-state index >= 15 is 33.6 Å². The number of aliphatic hydroxyl groups excluding tert-OH is 1. The lowest BCUT2D eigenvalue weighted by atomic mass is 9.91. The number of hydrogen-bond acceptors (Lipinski definition) is 15. The summed E-state index contributed by atoms with van der Waals surface area (Å²) >= 11 is 0. The van der Waals surface area contributed by atoms with Crippen LogP contribution in [0.1, 0.15) is 150 Å². The van der Waals surface area contributed by atoms with E-state index in [1.54, 1.807) is 67.5 Å². The van der Waals surface area contributed by atoms with Gasteiger partial charge in [-0.25, -0.2) is 8.42 Å². The molecule has 0 unspecified atom stereocenters. The summed E-state index contributed by atoms with van der Waals surface area (Å²) in [7, 11) is 7.76. The zero-order chi connectivity index (χ0) is 74.2. The molecule has 2 aliphatic heterocycles. The molecule has 11 amide bonds. The Morgan fingerprint density at radius 1 is 0.469 bits per heavy atom. The van der Waals surface area contributed by atoms with Crippen molar-refractivity contribution >= 4 is 75.0 Å². The molecule has 0 bridgehead atoms. The fourth-order valence-corrected chi connectivity index (χ4v) is 13.7. The number of likely N-dealkylation sites (N-methyl/N-ethyl adjacent to an activating group) is 8. The van der Waals surface area contributed by atoms with E-state index in [2.05, 4.69) is 16.0 Å². The van der Waals surface area contributed by atoms with Gasteiger partial charge in [-0.1, -0.05) is 102 Å². The number of nitrogens with zero attached hydrogens (tertiary/aromatic N) is 10. The van der Waals surface area contributed by atoms with Gasteiger partial charge in [0.25, 0.3) is 0 Å². The second-order valence-corrected chi connectivity index (χ2v) is 31.1. The van der Waals surface area contributed by atoms with Crippen molar-refractivity contribution in [3.05, 3.63) is 12.2 Å². The van der Waals surface area contributed by atoms with Gasteiger partial charge in [0, 0.05) is 89.1 Å². The van der Waals surface area contributed by atoms with Crippen LogP contribution >= 0.6 is 0 Å². The lowest BCUT2D eigenvalue weighted by Gasteiger charge is -2.43. The minimum absolute atomic E-state index is 0.00540. The summed E-state index contributed by atoms with van der Waals surface area (Å²) < 4.78 is 26.3. The summed E-state index contributed by atoms with van der Waals surface area (Å²) in [6.07, 6.45) is 3.84. The smallest absolute Gasteiger partial charge is 0.248 e. The molecule has 28 heteroatoms. The highest BCUT2D eigenvalue weighted by Crippen LogP contribution is 2.27. The molecule has 2 aliphatic rings. The Hall–Kier alpha value is -6.26. The first-order valence-corrected chi connectivity index (χ1v) is 36.1. The second kappa shape index (κ2) is 37.6. The highest BCUT2D eigenvalue weighted by atomic mass is 32.2. The van der Waals surface area contributed by atoms with Crippen LogP contribution < -0.4 is 16.0 Å². The van der Waals surface area contributed by atoms with E-state index in [9.17, 15) is 32.7 Å². The number of rotatable bonds is 17. The maximum Gasteiger partial charge on any atom is 0.248 e. The number of aliphatic hydroxyl groups is 1. The molecular weight excluding hydrogens is 1250 g/mol. The van der Waals surface area contributed by atoms with Crippen molar-refractivity contribution in [3.8, 4) is 0 Å². The van der Waals surface area contributed by atoms with E-state index < -0.39 is 171 Å². The van der Waals surface area contributed by atoms with Gasteiger partial charge in [-0.05, 0) is 101 Å². The Kier molecular flexibility index (Phi) is 33.6. The number of carbonyl (C=O) groups is 11. The Morgan fingerprint density at radius 3 is 1.34 bits per heavy atom. The van der Waals surface area contributed by atoms with Crippen molar-refractivity contribution in [1.82, 2.24) is 64.4 Å². The van der Waals surface area contributed by atoms with Crippen LogP contribution in [-0.4, -0.2) is 295 Å². The third-order valence-electron chi connectivity index (χ3n) is 19.1. The molecular formula is C68H123N13O14S. The zero-order valence-electron chi connectivity index (χ0n) is 62.8. The number of sulfonamides is 1. The predicted molar refractivity (Wildman–Crippen MR) is 370 cm³/mol. The van der Waals surface area contributed by atoms with Crippen LogP contribution in [0.3, 0.4) is 0 Å². The van der Waals surface area contributed by atoms with Crippen LogP contribution in [0.5, 0.6) is 0 Å². The predicted octanol–water partition coefficient (Wildman–Crippen LogP) is 2.17. The van der Waals surface area contributed by atoms with Crippen molar-refractivity contribution in [2.75, 3.05) is 95.4 Å². The number of allylic oxidation sites excluding steroid dienone is 2. The van der Waals surface area contributed by atoms with E-state index in [-0.39, 0.29) is 69.5 Å². The molecule has 0 spiro atoms. The zero-order valence-corrected chi connectivity index (χ0v) is 63.6. The fraction of sp³-hybridized carbons (Fsp3) is 0.809. The van der Waals surface area contributed by atoms with E-state index in [1.165, 1.54) is 106 Å². The Labute approximate surface area is 574 Å². The number of piperazine rings is 1. The molecule has 0 aliphatic carbocycles. The van der Waals surface area contributed by atoms with E-state index in [0.29, 0.717) is 13.1 Å². The third kappa shape index (κ3) is 22.4. The molecule has 2 saturated heterocycles. The number of hydrogen-bond donors (Lipinski definition) is 4. The van der Waals surface area contributed by atoms with Crippen LogP contribution in [0, 0.1) is 41.4 Å². The van der Waals surface area contributed by atoms with Crippen LogP contribution in [0.2, 0.25) is 0 Å². The minimum Gasteiger partial charge on any atom is -0.390 e. The van der Waals surface area contributed by atoms with E-state index in [4.69, 9.17) is 0 Å². The minimum atomic E-state index is -3.50. The van der Waals surface area contributed by atoms with Gasteiger partial charge in [0.2, 0.25) is 75.0 Å². The number of amides is 11. The van der Waals surface area contributed by atoms with Crippen LogP contribution in [-0.2, 0) is 62.8 Å². The van der Waals surface area contributed by atoms with Gasteiger partial charge in [-0.15, -0.1) is 0 Å². The molecule has 2 fully saturated rings. The molecule has 27 nitrogen and oxygen atoms in total. The maximum absolute atomic E-state index is 15.4. The van der Waals surface area contributed by atoms with Crippen molar-refractivity contribution in [2.24, 2.45) is 41.4 Å². The standard InChI is InChI=1S/C68H123N13O14S/c1-27-29-30-44(13)57(82)56-68(93)73(19)49(28-2)63(88)72(18)48(17)62(87)78(24)55(45(14)38-80-31-33-81(34-32-80)96(26,94)95)60(85)71-53(42(9)10)66(91)74(20)50(35-39(3)4)59(84)69-46(15)58(83)70-47(16)61(86)75(21)51(36-40(5)6)64(89)76(22)52(37-41(7)8)65(90)77(23)54(43(11)12)67(92)79(56)25/h27,29,39-57,82H,28,30-38H2,1-26H3,(H,69,84)(H,70,83)(H,71,85)/b29-27+/t44-,45-,46+,47-,48-,49+,50+,51+,52+,53+,54+,55+,56+,57-/m1/s1. The summed E-state index contributed by atoms with van der Waals surface area (Å²) in [5.41, 5.74) is 0. The van der Waals surface area contributed by atoms with Crippen molar-refractivity contribution in [1.29, 1.82) is 0 Å². The number of nitrogens with one attached hydrogen (secondary N) is 3. The van der Waals surface area contributed by atoms with Crippen molar-refractivity contribution in [3.63, 3.8) is 0 Å². The van der Waals surface area contributed by atoms with E-state index in [0.717, 1.165) is 21.0 Å². The monoisotopic (exact) mass is 1380 g/mol. The Morgan fingerprint density at radius 2 is 0.885 bits per heavy atom. The summed E-state index contributed by atoms with van der Waals surface area (Å²) in [5.74, 6) is -10.8. The summed E-state index contributed by atoms with van der Waals surface area (Å²) in [6.45, 7) is 30.4. The van der Waals surface area contributed by atoms with Gasteiger partial charge in [0.15, 0.2) is 0 Å². The highest BCUT2D eigenvalue weighted by molar-refractivity contribution is 7.88. The van der Waals surface area contributed by atoms with Gasteiger partial charge >= 0.3 is 0 Å². The van der Waals surface area contributed by atoms with Crippen LogP contribution in [0.25, 0.3) is 0 Å². The summed E-state index contributed by atoms with van der Waals surface area (Å²) in [5, 5.41) is 20.7. The third-order valence-corrected chi connectivity index (χ3v) is 20.4. The van der Waals surface area contributed by atoms with Gasteiger partial charge in [-0.2, -0.15) is 4.31 Å². The SMILES string of the molecule is C/C=C/C[C@@H](C)[C@@H](O)[C@H]1C(=O)N(C)[C@@H](CC)C(=O)N(C)[C@H](C)C(=O)N(C)[C@@H]([C@H](C)CN2CCN(S(C)(=O)=O)CC2)C(=O)N[C@@H](C(C)C)C(=O)N(C)[C@@H](CC(C)C)C(=O)N[C@@H](C)C(=O)N[C@H](C)C(=O)N(C)[C@@H](CC(C)C)C(=O)N(C)[C@@H](CC(C)C)C(=O)N(C)[C@@H](C(C)C)C(=O)N1C. The first-order valence-electron chi connectivity index (χ1n) is 34.3. The second-order valence-electron chi connectivity index (χ2n) is 29.1. The van der Waals surface area contributed by atoms with Crippen LogP contribution in [0.4, 0.5) is 0 Å². The Bertz CT molecular complexity index is 2830. The maximum atomic E-state index is 15.4. The van der Waals surface area contributed by atoms with Crippen molar-refractivity contribution < 1.29 is 66.3 Å². The molecule has 4 N–H and O–H groups in total. The van der Waals surface area contributed by atoms with Gasteiger partial charge in [0.1, 0.15) is 66.5 Å². The molecule has 2 rings (SSSR count). The van der Waals surface area contributed by atoms with Gasteiger partial charge in [0.05, 0.1) is 12.4 Å². The largest absolute Gasteiger partial charge is 0.390 e. The van der Waals surface area contributed by atoms with E-state index in [1.807, 2.05) is 46.4 Å². The molecule has 0 aromatic rings. The fourth-order valence-electron chi connectivity index (χ4n) is 12.9. The summed E-state index contributed by atoms with van der Waals surface area (Å²) in [6, 6.07) is -14.2. The molecule has 550 valence electrons. The molecule has 96 heavy (non-hydrogen) atoms. The summed E-state index contributed by atoms with van der Waals surface area (Å²) in [4.78, 5) is 176. The Balaban J connectivity index is 3.10. The molecule has 0 radical (unpaired) electrons. The average Bonchev–Trinajstić information content (AvgIpc) is 0.805. The molecule has 0 saturated carbocycles. The molecule has 14 atom stereocenters.